The zero-order valence-corrected chi connectivity index (χ0v) is 13.9. The summed E-state index contributed by atoms with van der Waals surface area (Å²) >= 11 is 0. The van der Waals surface area contributed by atoms with E-state index in [-0.39, 0.29) is 5.91 Å². The van der Waals surface area contributed by atoms with Gasteiger partial charge in [0.05, 0.1) is 13.2 Å². The molecule has 2 aliphatic rings. The van der Waals surface area contributed by atoms with Gasteiger partial charge in [0.1, 0.15) is 5.75 Å². The highest BCUT2D eigenvalue weighted by molar-refractivity contribution is 5.81. The minimum Gasteiger partial charge on any atom is -0.481 e. The Morgan fingerprint density at radius 1 is 1.22 bits per heavy atom. The lowest BCUT2D eigenvalue weighted by Gasteiger charge is -2.38. The summed E-state index contributed by atoms with van der Waals surface area (Å²) in [6.07, 6.45) is 1.69. The molecule has 3 rings (SSSR count). The van der Waals surface area contributed by atoms with Crippen molar-refractivity contribution >= 4 is 5.91 Å². The van der Waals surface area contributed by atoms with Gasteiger partial charge in [-0.3, -0.25) is 4.79 Å². The molecule has 0 N–H and O–H groups in total. The molecule has 1 aromatic carbocycles. The van der Waals surface area contributed by atoms with Crippen molar-refractivity contribution in [1.29, 1.82) is 0 Å². The number of carbonyl (C=O) groups excluding carboxylic acids is 1. The molecule has 0 radical (unpaired) electrons. The van der Waals surface area contributed by atoms with Crippen molar-refractivity contribution in [3.8, 4) is 5.75 Å². The van der Waals surface area contributed by atoms with Crippen LogP contribution in [-0.2, 0) is 14.3 Å². The maximum Gasteiger partial charge on any atom is 0.263 e. The van der Waals surface area contributed by atoms with E-state index in [9.17, 15) is 4.79 Å². The Balaban J connectivity index is 1.58. The SMILES string of the molecule is CC[C@H](Oc1ccc(C)cc1)C(=O)N1CCC2(CC1)OCCO2. The second-order valence-electron chi connectivity index (χ2n) is 6.26. The molecule has 1 atom stereocenters. The molecule has 0 bridgehead atoms. The van der Waals surface area contributed by atoms with E-state index in [0.717, 1.165) is 18.6 Å². The van der Waals surface area contributed by atoms with Crippen LogP contribution in [0.2, 0.25) is 0 Å². The van der Waals surface area contributed by atoms with Crippen molar-refractivity contribution in [1.82, 2.24) is 4.90 Å². The number of rotatable bonds is 4. The van der Waals surface area contributed by atoms with Gasteiger partial charge in [-0.1, -0.05) is 24.6 Å². The lowest BCUT2D eigenvalue weighted by Crippen LogP contribution is -2.50. The molecule has 126 valence electrons. The predicted octanol–water partition coefficient (Wildman–Crippen LogP) is 2.52. The van der Waals surface area contributed by atoms with E-state index in [1.807, 2.05) is 43.0 Å². The number of piperidine rings is 1. The molecule has 2 aliphatic heterocycles. The first-order chi connectivity index (χ1) is 11.1. The van der Waals surface area contributed by atoms with Crippen molar-refractivity contribution in [3.63, 3.8) is 0 Å². The van der Waals surface area contributed by atoms with Crippen LogP contribution in [0.1, 0.15) is 31.7 Å². The van der Waals surface area contributed by atoms with Gasteiger partial charge in [-0.2, -0.15) is 0 Å². The van der Waals surface area contributed by atoms with Gasteiger partial charge in [-0.25, -0.2) is 0 Å². The molecular formula is C18H25NO4. The highest BCUT2D eigenvalue weighted by Crippen LogP contribution is 2.31. The Bertz CT molecular complexity index is 526. The minimum absolute atomic E-state index is 0.0564. The van der Waals surface area contributed by atoms with E-state index in [1.165, 1.54) is 5.56 Å². The standard InChI is InChI=1S/C18H25NO4/c1-3-16(23-15-6-4-14(2)5-7-15)17(20)19-10-8-18(9-11-19)21-12-13-22-18/h4-7,16H,3,8-13H2,1-2H3/t16-/m0/s1. The summed E-state index contributed by atoms with van der Waals surface area (Å²) in [4.78, 5) is 14.6. The molecule has 0 saturated carbocycles. The third-order valence-corrected chi connectivity index (χ3v) is 4.60. The van der Waals surface area contributed by atoms with Gasteiger partial charge in [0.15, 0.2) is 11.9 Å². The van der Waals surface area contributed by atoms with Crippen molar-refractivity contribution in [2.45, 2.75) is 45.0 Å². The maximum absolute atomic E-state index is 12.7. The summed E-state index contributed by atoms with van der Waals surface area (Å²) in [5.41, 5.74) is 1.18. The quantitative estimate of drug-likeness (QED) is 0.855. The molecule has 0 unspecified atom stereocenters. The molecule has 1 spiro atoms. The number of benzene rings is 1. The molecule has 0 aromatic heterocycles. The number of likely N-dealkylation sites (tertiary alicyclic amines) is 1. The van der Waals surface area contributed by atoms with Crippen LogP contribution in [0.25, 0.3) is 0 Å². The average Bonchev–Trinajstić information content (AvgIpc) is 3.02. The number of nitrogens with zero attached hydrogens (tertiary/aromatic N) is 1. The second-order valence-corrected chi connectivity index (χ2v) is 6.26. The zero-order chi connectivity index (χ0) is 16.3. The van der Waals surface area contributed by atoms with E-state index < -0.39 is 11.9 Å². The molecule has 1 aromatic rings. The molecule has 23 heavy (non-hydrogen) atoms. The third kappa shape index (κ3) is 3.67. The van der Waals surface area contributed by atoms with Gasteiger partial charge in [-0.15, -0.1) is 0 Å². The van der Waals surface area contributed by atoms with Crippen LogP contribution >= 0.6 is 0 Å². The number of carbonyl (C=O) groups is 1. The van der Waals surface area contributed by atoms with Crippen LogP contribution in [0.15, 0.2) is 24.3 Å². The first-order valence-corrected chi connectivity index (χ1v) is 8.42. The number of amides is 1. The van der Waals surface area contributed by atoms with E-state index >= 15 is 0 Å². The summed E-state index contributed by atoms with van der Waals surface area (Å²) < 4.78 is 17.3. The van der Waals surface area contributed by atoms with E-state index in [2.05, 4.69) is 0 Å². The van der Waals surface area contributed by atoms with E-state index in [0.29, 0.717) is 32.7 Å². The van der Waals surface area contributed by atoms with Crippen LogP contribution < -0.4 is 4.74 Å². The van der Waals surface area contributed by atoms with Crippen molar-refractivity contribution < 1.29 is 19.0 Å². The molecule has 5 nitrogen and oxygen atoms in total. The van der Waals surface area contributed by atoms with E-state index in [4.69, 9.17) is 14.2 Å². The van der Waals surface area contributed by atoms with Gasteiger partial charge in [0, 0.05) is 25.9 Å². The van der Waals surface area contributed by atoms with E-state index in [1.54, 1.807) is 0 Å². The van der Waals surface area contributed by atoms with Crippen molar-refractivity contribution in [3.05, 3.63) is 29.8 Å². The topological polar surface area (TPSA) is 48.0 Å². The maximum atomic E-state index is 12.7. The van der Waals surface area contributed by atoms with Gasteiger partial charge in [0.25, 0.3) is 5.91 Å². The predicted molar refractivity (Wildman–Crippen MR) is 86.3 cm³/mol. The number of hydrogen-bond acceptors (Lipinski definition) is 4. The van der Waals surface area contributed by atoms with Crippen LogP contribution in [0.3, 0.4) is 0 Å². The fraction of sp³-hybridized carbons (Fsp3) is 0.611. The smallest absolute Gasteiger partial charge is 0.263 e. The zero-order valence-electron chi connectivity index (χ0n) is 13.9. The molecule has 5 heteroatoms. The number of hydrogen-bond donors (Lipinski definition) is 0. The summed E-state index contributed by atoms with van der Waals surface area (Å²) in [7, 11) is 0. The Labute approximate surface area is 137 Å². The van der Waals surface area contributed by atoms with Crippen molar-refractivity contribution in [2.24, 2.45) is 0 Å². The van der Waals surface area contributed by atoms with Crippen LogP contribution in [0.5, 0.6) is 5.75 Å². The Morgan fingerprint density at radius 3 is 2.39 bits per heavy atom. The fourth-order valence-electron chi connectivity index (χ4n) is 3.15. The monoisotopic (exact) mass is 319 g/mol. The molecular weight excluding hydrogens is 294 g/mol. The molecule has 2 heterocycles. The van der Waals surface area contributed by atoms with Gasteiger partial charge < -0.3 is 19.1 Å². The Kier molecular flexibility index (Phi) is 4.87. The van der Waals surface area contributed by atoms with Gasteiger partial charge in [0.2, 0.25) is 0 Å². The van der Waals surface area contributed by atoms with Crippen LogP contribution in [0.4, 0.5) is 0 Å². The number of ether oxygens (including phenoxy) is 3. The van der Waals surface area contributed by atoms with Gasteiger partial charge >= 0.3 is 0 Å². The largest absolute Gasteiger partial charge is 0.481 e. The highest BCUT2D eigenvalue weighted by atomic mass is 16.7. The minimum atomic E-state index is -0.448. The fourth-order valence-corrected chi connectivity index (χ4v) is 3.15. The first-order valence-electron chi connectivity index (χ1n) is 8.42. The Morgan fingerprint density at radius 2 is 1.83 bits per heavy atom. The lowest BCUT2D eigenvalue weighted by atomic mass is 10.0. The van der Waals surface area contributed by atoms with Crippen LogP contribution in [0, 0.1) is 6.92 Å². The van der Waals surface area contributed by atoms with Gasteiger partial charge in [-0.05, 0) is 25.5 Å². The normalized spacial score (nSPS) is 21.4. The molecule has 0 aliphatic carbocycles. The summed E-state index contributed by atoms with van der Waals surface area (Å²) in [5, 5.41) is 0. The first kappa shape index (κ1) is 16.3. The summed E-state index contributed by atoms with van der Waals surface area (Å²) in [5.74, 6) is 0.351. The Hall–Kier alpha value is -1.59. The highest BCUT2D eigenvalue weighted by Gasteiger charge is 2.41. The average molecular weight is 319 g/mol. The third-order valence-electron chi connectivity index (χ3n) is 4.60. The lowest BCUT2D eigenvalue weighted by molar-refractivity contribution is -0.189. The van der Waals surface area contributed by atoms with Crippen molar-refractivity contribution in [2.75, 3.05) is 26.3 Å². The summed E-state index contributed by atoms with van der Waals surface area (Å²) in [6, 6.07) is 7.81. The molecule has 1 amide bonds. The second kappa shape index (κ2) is 6.89. The molecule has 2 fully saturated rings. The molecule has 2 saturated heterocycles. The summed E-state index contributed by atoms with van der Waals surface area (Å²) in [6.45, 7) is 6.64. The number of aryl methyl sites for hydroxylation is 1. The van der Waals surface area contributed by atoms with Crippen LogP contribution in [-0.4, -0.2) is 49.0 Å².